The van der Waals surface area contributed by atoms with Gasteiger partial charge in [0, 0.05) is 16.6 Å². The minimum absolute atomic E-state index is 0.0685. The van der Waals surface area contributed by atoms with Crippen molar-refractivity contribution < 1.29 is 9.59 Å². The van der Waals surface area contributed by atoms with E-state index in [9.17, 15) is 9.59 Å². The van der Waals surface area contributed by atoms with E-state index in [2.05, 4.69) is 15.6 Å². The second-order valence-corrected chi connectivity index (χ2v) is 7.18. The van der Waals surface area contributed by atoms with Crippen LogP contribution in [0.15, 0.2) is 30.5 Å². The second kappa shape index (κ2) is 6.91. The molecule has 2 rings (SSSR count). The molecule has 2 aromatic rings. The Balaban J connectivity index is 1.92. The smallest absolute Gasteiger partial charge is 0.251 e. The minimum Gasteiger partial charge on any atom is -0.343 e. The van der Waals surface area contributed by atoms with Gasteiger partial charge in [-0.25, -0.2) is 4.98 Å². The largest absolute Gasteiger partial charge is 0.343 e. The van der Waals surface area contributed by atoms with Crippen LogP contribution in [0, 0.1) is 13.8 Å². The van der Waals surface area contributed by atoms with Crippen LogP contribution in [0.3, 0.4) is 0 Å². The standard InChI is InChI=1S/C17H21N3O2S/c1-11-7-5-6-8-13(11)15(22)18-10-14(21)20-17(3,4)16-19-9-12(2)23-16/h5-9H,10H2,1-4H3,(H,18,22)(H,20,21). The van der Waals surface area contributed by atoms with Gasteiger partial charge in [-0.2, -0.15) is 0 Å². The van der Waals surface area contributed by atoms with Crippen LogP contribution < -0.4 is 10.6 Å². The van der Waals surface area contributed by atoms with Gasteiger partial charge in [-0.15, -0.1) is 11.3 Å². The fourth-order valence-corrected chi connectivity index (χ4v) is 3.00. The molecule has 0 unspecified atom stereocenters. The number of nitrogens with zero attached hydrogens (tertiary/aromatic N) is 1. The lowest BCUT2D eigenvalue weighted by molar-refractivity contribution is -0.121. The van der Waals surface area contributed by atoms with Crippen molar-refractivity contribution in [1.29, 1.82) is 0 Å². The first-order valence-electron chi connectivity index (χ1n) is 7.37. The average Bonchev–Trinajstić information content (AvgIpc) is 2.92. The number of carbonyl (C=O) groups excluding carboxylic acids is 2. The Kier molecular flexibility index (Phi) is 5.15. The fraction of sp³-hybridized carbons (Fsp3) is 0.353. The van der Waals surface area contributed by atoms with Crippen molar-refractivity contribution in [1.82, 2.24) is 15.6 Å². The van der Waals surface area contributed by atoms with Gasteiger partial charge < -0.3 is 10.6 Å². The van der Waals surface area contributed by atoms with Crippen molar-refractivity contribution in [3.63, 3.8) is 0 Å². The molecular formula is C17H21N3O2S. The number of rotatable bonds is 5. The Morgan fingerprint density at radius 3 is 2.52 bits per heavy atom. The second-order valence-electron chi connectivity index (χ2n) is 5.95. The van der Waals surface area contributed by atoms with E-state index in [1.807, 2.05) is 39.8 Å². The van der Waals surface area contributed by atoms with E-state index < -0.39 is 5.54 Å². The lowest BCUT2D eigenvalue weighted by Gasteiger charge is -2.24. The summed E-state index contributed by atoms with van der Waals surface area (Å²) in [4.78, 5) is 29.6. The highest BCUT2D eigenvalue weighted by Gasteiger charge is 2.26. The lowest BCUT2D eigenvalue weighted by Crippen LogP contribution is -2.46. The van der Waals surface area contributed by atoms with E-state index in [4.69, 9.17) is 0 Å². The van der Waals surface area contributed by atoms with Crippen LogP contribution in [0.1, 0.15) is 39.7 Å². The third kappa shape index (κ3) is 4.39. The maximum Gasteiger partial charge on any atom is 0.251 e. The van der Waals surface area contributed by atoms with Gasteiger partial charge in [0.25, 0.3) is 5.91 Å². The van der Waals surface area contributed by atoms with Crippen molar-refractivity contribution in [2.24, 2.45) is 0 Å². The van der Waals surface area contributed by atoms with Crippen molar-refractivity contribution >= 4 is 23.2 Å². The summed E-state index contributed by atoms with van der Waals surface area (Å²) in [6.45, 7) is 7.56. The molecule has 0 spiro atoms. The monoisotopic (exact) mass is 331 g/mol. The SMILES string of the molecule is Cc1cnc(C(C)(C)NC(=O)CNC(=O)c2ccccc2C)s1. The van der Waals surface area contributed by atoms with Gasteiger partial charge >= 0.3 is 0 Å². The van der Waals surface area contributed by atoms with Crippen LogP contribution in [0.2, 0.25) is 0 Å². The molecule has 1 heterocycles. The number of aryl methyl sites for hydroxylation is 2. The maximum atomic E-state index is 12.1. The van der Waals surface area contributed by atoms with Gasteiger partial charge in [0.15, 0.2) is 0 Å². The highest BCUT2D eigenvalue weighted by Crippen LogP contribution is 2.24. The zero-order valence-corrected chi connectivity index (χ0v) is 14.6. The molecule has 0 fully saturated rings. The summed E-state index contributed by atoms with van der Waals surface area (Å²) in [5.74, 6) is -0.495. The zero-order valence-electron chi connectivity index (χ0n) is 13.8. The third-order valence-electron chi connectivity index (χ3n) is 3.41. The first-order valence-corrected chi connectivity index (χ1v) is 8.19. The van der Waals surface area contributed by atoms with Crippen molar-refractivity contribution in [3.8, 4) is 0 Å². The van der Waals surface area contributed by atoms with E-state index in [0.29, 0.717) is 5.56 Å². The minimum atomic E-state index is -0.566. The molecule has 2 N–H and O–H groups in total. The highest BCUT2D eigenvalue weighted by molar-refractivity contribution is 7.11. The molecule has 2 amide bonds. The third-order valence-corrected chi connectivity index (χ3v) is 4.64. The van der Waals surface area contributed by atoms with Crippen molar-refractivity contribution in [2.75, 3.05) is 6.54 Å². The van der Waals surface area contributed by atoms with E-state index in [1.165, 1.54) is 0 Å². The lowest BCUT2D eigenvalue weighted by atomic mass is 10.1. The van der Waals surface area contributed by atoms with Crippen LogP contribution >= 0.6 is 11.3 Å². The summed E-state index contributed by atoms with van der Waals surface area (Å²) < 4.78 is 0. The Bertz CT molecular complexity index is 722. The first kappa shape index (κ1) is 17.1. The van der Waals surface area contributed by atoms with E-state index >= 15 is 0 Å². The molecule has 0 aliphatic heterocycles. The van der Waals surface area contributed by atoms with Crippen LogP contribution in [-0.2, 0) is 10.3 Å². The molecular weight excluding hydrogens is 310 g/mol. The molecule has 0 aliphatic carbocycles. The van der Waals surface area contributed by atoms with E-state index in [0.717, 1.165) is 15.4 Å². The average molecular weight is 331 g/mol. The topological polar surface area (TPSA) is 71.1 Å². The van der Waals surface area contributed by atoms with Gasteiger partial charge in [0.2, 0.25) is 5.91 Å². The van der Waals surface area contributed by atoms with E-state index in [1.54, 1.807) is 29.7 Å². The summed E-state index contributed by atoms with van der Waals surface area (Å²) in [5, 5.41) is 6.39. The molecule has 0 saturated heterocycles. The Hall–Kier alpha value is -2.21. The Labute approximate surface area is 140 Å². The fourth-order valence-electron chi connectivity index (χ4n) is 2.17. The molecule has 0 atom stereocenters. The molecule has 122 valence electrons. The molecule has 5 nitrogen and oxygen atoms in total. The number of hydrogen-bond donors (Lipinski definition) is 2. The summed E-state index contributed by atoms with van der Waals surface area (Å²) in [7, 11) is 0. The Morgan fingerprint density at radius 1 is 1.22 bits per heavy atom. The number of nitrogens with one attached hydrogen (secondary N) is 2. The summed E-state index contributed by atoms with van der Waals surface area (Å²) in [6.07, 6.45) is 1.79. The highest BCUT2D eigenvalue weighted by atomic mass is 32.1. The molecule has 0 bridgehead atoms. The van der Waals surface area contributed by atoms with Gasteiger partial charge in [0.05, 0.1) is 12.1 Å². The van der Waals surface area contributed by atoms with Gasteiger partial charge in [-0.3, -0.25) is 9.59 Å². The molecule has 0 saturated carbocycles. The number of thiazole rings is 1. The number of amides is 2. The quantitative estimate of drug-likeness (QED) is 0.884. The first-order chi connectivity index (χ1) is 10.8. The van der Waals surface area contributed by atoms with Gasteiger partial charge in [-0.1, -0.05) is 18.2 Å². The van der Waals surface area contributed by atoms with Crippen LogP contribution in [0.5, 0.6) is 0 Å². The predicted molar refractivity (Wildman–Crippen MR) is 91.5 cm³/mol. The molecule has 6 heteroatoms. The predicted octanol–water partition coefficient (Wildman–Crippen LogP) is 2.54. The maximum absolute atomic E-state index is 12.1. The zero-order chi connectivity index (χ0) is 17.0. The van der Waals surface area contributed by atoms with Gasteiger partial charge in [-0.05, 0) is 39.3 Å². The van der Waals surface area contributed by atoms with Crippen LogP contribution in [0.25, 0.3) is 0 Å². The number of hydrogen-bond acceptors (Lipinski definition) is 4. The normalized spacial score (nSPS) is 11.1. The number of aromatic nitrogens is 1. The summed E-state index contributed by atoms with van der Waals surface area (Å²) in [5.41, 5.74) is 0.891. The van der Waals surface area contributed by atoms with Crippen LogP contribution in [0.4, 0.5) is 0 Å². The molecule has 0 radical (unpaired) electrons. The molecule has 1 aromatic heterocycles. The number of benzene rings is 1. The Morgan fingerprint density at radius 2 is 1.91 bits per heavy atom. The van der Waals surface area contributed by atoms with Gasteiger partial charge in [0.1, 0.15) is 5.01 Å². The molecule has 23 heavy (non-hydrogen) atoms. The molecule has 0 aliphatic rings. The van der Waals surface area contributed by atoms with Crippen LogP contribution in [-0.4, -0.2) is 23.3 Å². The number of carbonyl (C=O) groups is 2. The summed E-state index contributed by atoms with van der Waals surface area (Å²) >= 11 is 1.55. The molecule has 1 aromatic carbocycles. The van der Waals surface area contributed by atoms with Crippen molar-refractivity contribution in [3.05, 3.63) is 51.5 Å². The van der Waals surface area contributed by atoms with E-state index in [-0.39, 0.29) is 18.4 Å². The van der Waals surface area contributed by atoms with Crippen molar-refractivity contribution in [2.45, 2.75) is 33.2 Å². The summed E-state index contributed by atoms with van der Waals surface area (Å²) in [6, 6.07) is 7.28.